The summed E-state index contributed by atoms with van der Waals surface area (Å²) in [6.45, 7) is 11.7. The predicted molar refractivity (Wildman–Crippen MR) is 201 cm³/mol. The highest BCUT2D eigenvalue weighted by molar-refractivity contribution is 6.12. The maximum Gasteiger partial charge on any atom is 0.306 e. The molecule has 0 saturated carbocycles. The number of hydrogen-bond acceptors (Lipinski definition) is 10. The number of amides is 6. The fourth-order valence-corrected chi connectivity index (χ4v) is 5.52. The molecule has 0 saturated heterocycles. The van der Waals surface area contributed by atoms with Crippen molar-refractivity contribution < 1.29 is 48.5 Å². The van der Waals surface area contributed by atoms with Crippen molar-refractivity contribution in [3.05, 3.63) is 35.9 Å². The van der Waals surface area contributed by atoms with Crippen LogP contribution >= 0.6 is 0 Å². The number of nitrogens with zero attached hydrogens (tertiary/aromatic N) is 1. The van der Waals surface area contributed by atoms with Crippen molar-refractivity contribution in [1.82, 2.24) is 20.9 Å². The Morgan fingerprint density at radius 3 is 2.20 bits per heavy atom. The van der Waals surface area contributed by atoms with E-state index >= 15 is 0 Å². The second kappa shape index (κ2) is 21.2. The van der Waals surface area contributed by atoms with Crippen molar-refractivity contribution in [2.45, 2.75) is 123 Å². The molecular weight excluding hydrogens is 700 g/mol. The molecule has 0 unspecified atom stereocenters. The fraction of sp³-hybridized carbons (Fsp3) is 0.605. The van der Waals surface area contributed by atoms with Gasteiger partial charge in [0.05, 0.1) is 17.2 Å². The minimum Gasteiger partial charge on any atom is -0.506 e. The number of carbonyl (C=O) groups is 7. The number of ether oxygens (including phenoxy) is 1. The highest BCUT2D eigenvalue weighted by atomic mass is 16.5. The van der Waals surface area contributed by atoms with Gasteiger partial charge in [-0.05, 0) is 90.8 Å². The van der Waals surface area contributed by atoms with E-state index in [2.05, 4.69) is 21.3 Å². The average Bonchev–Trinajstić information content (AvgIpc) is 3.37. The highest BCUT2D eigenvalue weighted by Crippen LogP contribution is 2.25. The number of phenolic OH excluding ortho intramolecular Hbond substituents is 1. The number of carbonyl (C=O) groups excluding carboxylic acids is 6. The topological polar surface area (TPSA) is 247 Å². The lowest BCUT2D eigenvalue weighted by Gasteiger charge is -2.29. The van der Waals surface area contributed by atoms with Crippen molar-refractivity contribution in [2.75, 3.05) is 25.0 Å². The van der Waals surface area contributed by atoms with E-state index in [1.165, 1.54) is 6.07 Å². The Hall–Kier alpha value is -4.83. The number of benzene rings is 1. The van der Waals surface area contributed by atoms with Crippen LogP contribution < -0.4 is 27.0 Å². The molecule has 2 rings (SSSR count). The molecule has 1 aromatic carbocycles. The number of aromatic hydroxyl groups is 1. The van der Waals surface area contributed by atoms with E-state index < -0.39 is 59.0 Å². The minimum absolute atomic E-state index is 0.0139. The van der Waals surface area contributed by atoms with E-state index in [0.717, 1.165) is 17.1 Å². The smallest absolute Gasteiger partial charge is 0.306 e. The summed E-state index contributed by atoms with van der Waals surface area (Å²) < 4.78 is 5.78. The number of rotatable bonds is 23. The van der Waals surface area contributed by atoms with Crippen LogP contribution in [0, 0.1) is 5.92 Å². The Labute approximate surface area is 317 Å². The van der Waals surface area contributed by atoms with Crippen molar-refractivity contribution in [1.29, 1.82) is 0 Å². The second-order valence-corrected chi connectivity index (χ2v) is 15.3. The first kappa shape index (κ1) is 45.3. The molecular formula is C38H58N6O10. The molecule has 0 radical (unpaired) electrons. The molecule has 0 fully saturated rings. The Morgan fingerprint density at radius 1 is 0.926 bits per heavy atom. The maximum absolute atomic E-state index is 13.2. The minimum atomic E-state index is -1.08. The molecule has 3 atom stereocenters. The molecule has 0 aromatic heterocycles. The standard InChI is InChI=1S/C38H58N6O10/c1-24(36(52)53)21-26(39)22-25-11-13-29(45)28(23-25)42-30(46)9-7-18-40-35(51)27(41-31(47)10-8-19-44-33(49)15-16-34(44)50)12-14-32(48)43-38(5,6)17-20-54-37(2,3)4/h11,13,15-16,23-24,26-27,45H,7-10,12,14,17-22,39H2,1-6H3,(H,40,51)(H,41,47)(H,42,46)(H,43,48)(H,52,53)/t24-,26+,27-/m0/s1. The van der Waals surface area contributed by atoms with Gasteiger partial charge in [-0.3, -0.25) is 38.5 Å². The van der Waals surface area contributed by atoms with Gasteiger partial charge in [0.25, 0.3) is 11.8 Å². The number of aliphatic carboxylic acids is 1. The van der Waals surface area contributed by atoms with Crippen molar-refractivity contribution in [3.8, 4) is 5.75 Å². The van der Waals surface area contributed by atoms with E-state index in [-0.39, 0.29) is 81.0 Å². The van der Waals surface area contributed by atoms with E-state index in [1.54, 1.807) is 19.1 Å². The lowest BCUT2D eigenvalue weighted by atomic mass is 9.96. The third kappa shape index (κ3) is 17.3. The molecule has 6 amide bonds. The monoisotopic (exact) mass is 758 g/mol. The molecule has 0 spiro atoms. The van der Waals surface area contributed by atoms with Gasteiger partial charge in [0, 0.05) is 62.7 Å². The fourth-order valence-electron chi connectivity index (χ4n) is 5.52. The van der Waals surface area contributed by atoms with E-state index in [1.807, 2.05) is 34.6 Å². The largest absolute Gasteiger partial charge is 0.506 e. The van der Waals surface area contributed by atoms with Gasteiger partial charge >= 0.3 is 5.97 Å². The van der Waals surface area contributed by atoms with Crippen LogP contribution in [0.25, 0.3) is 0 Å². The van der Waals surface area contributed by atoms with E-state index in [9.17, 15) is 38.7 Å². The van der Waals surface area contributed by atoms with Crippen LogP contribution in [0.5, 0.6) is 5.75 Å². The van der Waals surface area contributed by atoms with Gasteiger partial charge in [-0.2, -0.15) is 0 Å². The zero-order valence-electron chi connectivity index (χ0n) is 32.3. The number of anilines is 1. The van der Waals surface area contributed by atoms with Crippen LogP contribution in [-0.4, -0.2) is 99.4 Å². The quantitative estimate of drug-likeness (QED) is 0.0485. The number of hydrogen-bond donors (Lipinski definition) is 7. The zero-order valence-corrected chi connectivity index (χ0v) is 32.3. The van der Waals surface area contributed by atoms with Crippen LogP contribution in [0.15, 0.2) is 30.4 Å². The number of nitrogens with two attached hydrogens (primary N) is 1. The first-order valence-corrected chi connectivity index (χ1v) is 18.3. The van der Waals surface area contributed by atoms with Gasteiger partial charge < -0.3 is 42.0 Å². The second-order valence-electron chi connectivity index (χ2n) is 15.3. The molecule has 1 heterocycles. The average molecular weight is 759 g/mol. The summed E-state index contributed by atoms with van der Waals surface area (Å²) in [5, 5.41) is 30.4. The summed E-state index contributed by atoms with van der Waals surface area (Å²) in [5.74, 6) is -4.43. The van der Waals surface area contributed by atoms with Crippen molar-refractivity contribution >= 4 is 47.1 Å². The number of phenols is 1. The zero-order chi connectivity index (χ0) is 40.6. The lowest BCUT2D eigenvalue weighted by molar-refractivity contribution is -0.141. The van der Waals surface area contributed by atoms with Crippen molar-refractivity contribution in [2.24, 2.45) is 11.7 Å². The Balaban J connectivity index is 1.93. The van der Waals surface area contributed by atoms with Crippen LogP contribution in [0.4, 0.5) is 5.69 Å². The Bertz CT molecular complexity index is 1520. The van der Waals surface area contributed by atoms with E-state index in [4.69, 9.17) is 15.6 Å². The summed E-state index contributed by atoms with van der Waals surface area (Å²) in [6.07, 6.45) is 3.68. The summed E-state index contributed by atoms with van der Waals surface area (Å²) in [6, 6.07) is 3.11. The summed E-state index contributed by atoms with van der Waals surface area (Å²) in [5.41, 5.74) is 6.06. The van der Waals surface area contributed by atoms with E-state index in [0.29, 0.717) is 25.0 Å². The Morgan fingerprint density at radius 2 is 1.57 bits per heavy atom. The normalized spacial score (nSPS) is 14.7. The summed E-state index contributed by atoms with van der Waals surface area (Å²) in [4.78, 5) is 87.5. The molecule has 0 bridgehead atoms. The van der Waals surface area contributed by atoms with Gasteiger partial charge in [-0.1, -0.05) is 13.0 Å². The molecule has 1 aliphatic rings. The van der Waals surface area contributed by atoms with Gasteiger partial charge in [0.15, 0.2) is 0 Å². The molecule has 8 N–H and O–H groups in total. The Kier molecular flexibility index (Phi) is 17.8. The molecule has 16 nitrogen and oxygen atoms in total. The number of imide groups is 1. The SMILES string of the molecule is C[C@@H](C[C@@H](N)Cc1ccc(O)c(NC(=O)CCCNC(=O)[C@H](CCC(=O)NC(C)(C)CCOC(C)(C)C)NC(=O)CCCN2C(=O)C=CC2=O)c1)C(=O)O. The van der Waals surface area contributed by atoms with Crippen LogP contribution in [0.2, 0.25) is 0 Å². The third-order valence-electron chi connectivity index (χ3n) is 8.53. The van der Waals surface area contributed by atoms with Gasteiger partial charge in [0.2, 0.25) is 23.6 Å². The number of nitrogens with one attached hydrogen (secondary N) is 4. The molecule has 1 aliphatic heterocycles. The molecule has 16 heteroatoms. The predicted octanol–water partition coefficient (Wildman–Crippen LogP) is 2.28. The van der Waals surface area contributed by atoms with Crippen LogP contribution in [-0.2, 0) is 44.7 Å². The lowest BCUT2D eigenvalue weighted by Crippen LogP contribution is -2.49. The summed E-state index contributed by atoms with van der Waals surface area (Å²) in [7, 11) is 0. The van der Waals surface area contributed by atoms with Crippen LogP contribution in [0.1, 0.15) is 98.5 Å². The third-order valence-corrected chi connectivity index (χ3v) is 8.53. The first-order chi connectivity index (χ1) is 25.2. The van der Waals surface area contributed by atoms with Gasteiger partial charge in [-0.25, -0.2) is 0 Å². The number of carboxylic acid groups (broad SMARTS) is 1. The van der Waals surface area contributed by atoms with Crippen LogP contribution in [0.3, 0.4) is 0 Å². The molecule has 54 heavy (non-hydrogen) atoms. The molecule has 0 aliphatic carbocycles. The number of carboxylic acids is 1. The molecule has 300 valence electrons. The van der Waals surface area contributed by atoms with Crippen molar-refractivity contribution in [3.63, 3.8) is 0 Å². The molecule has 1 aromatic rings. The van der Waals surface area contributed by atoms with Gasteiger partial charge in [-0.15, -0.1) is 0 Å². The van der Waals surface area contributed by atoms with Gasteiger partial charge in [0.1, 0.15) is 11.8 Å². The first-order valence-electron chi connectivity index (χ1n) is 18.3. The highest BCUT2D eigenvalue weighted by Gasteiger charge is 2.27. The maximum atomic E-state index is 13.2. The summed E-state index contributed by atoms with van der Waals surface area (Å²) >= 11 is 0.